The quantitative estimate of drug-likeness (QED) is 0.908. The Bertz CT molecular complexity index is 569. The van der Waals surface area contributed by atoms with Gasteiger partial charge in [0.15, 0.2) is 0 Å². The maximum atomic E-state index is 12.4. The van der Waals surface area contributed by atoms with E-state index in [1.165, 1.54) is 0 Å². The van der Waals surface area contributed by atoms with Gasteiger partial charge in [-0.15, -0.1) is 0 Å². The number of rotatable bonds is 3. The molecule has 4 heteroatoms. The third-order valence-corrected chi connectivity index (χ3v) is 4.94. The molecule has 0 atom stereocenters. The van der Waals surface area contributed by atoms with Gasteiger partial charge in [-0.1, -0.05) is 31.0 Å². The number of nitriles is 1. The molecule has 1 aliphatic rings. The van der Waals surface area contributed by atoms with Crippen molar-refractivity contribution in [1.82, 2.24) is 5.32 Å². The van der Waals surface area contributed by atoms with Crippen LogP contribution >= 0.6 is 11.6 Å². The lowest BCUT2D eigenvalue weighted by Gasteiger charge is -2.35. The molecule has 112 valence electrons. The summed E-state index contributed by atoms with van der Waals surface area (Å²) in [6.45, 7) is 4.07. The molecule has 0 bridgehead atoms. The number of amides is 1. The Morgan fingerprint density at radius 1 is 1.48 bits per heavy atom. The summed E-state index contributed by atoms with van der Waals surface area (Å²) >= 11 is 6.06. The topological polar surface area (TPSA) is 52.9 Å². The van der Waals surface area contributed by atoms with Crippen molar-refractivity contribution in [2.45, 2.75) is 51.5 Å². The molecule has 0 heterocycles. The molecule has 0 unspecified atom stereocenters. The van der Waals surface area contributed by atoms with Gasteiger partial charge in [-0.2, -0.15) is 5.26 Å². The summed E-state index contributed by atoms with van der Waals surface area (Å²) in [4.78, 5) is 12.4. The zero-order valence-electron chi connectivity index (χ0n) is 12.6. The highest BCUT2D eigenvalue weighted by Gasteiger charge is 2.36. The molecule has 1 amide bonds. The van der Waals surface area contributed by atoms with Crippen LogP contribution in [0.25, 0.3) is 0 Å². The first-order chi connectivity index (χ1) is 9.99. The van der Waals surface area contributed by atoms with Crippen molar-refractivity contribution in [3.8, 4) is 6.07 Å². The number of hydrogen-bond donors (Lipinski definition) is 1. The Balaban J connectivity index is 2.10. The van der Waals surface area contributed by atoms with Crippen molar-refractivity contribution in [2.24, 2.45) is 5.92 Å². The molecule has 0 radical (unpaired) electrons. The van der Waals surface area contributed by atoms with Crippen molar-refractivity contribution in [3.05, 3.63) is 34.3 Å². The highest BCUT2D eigenvalue weighted by molar-refractivity contribution is 6.31. The zero-order valence-corrected chi connectivity index (χ0v) is 13.3. The van der Waals surface area contributed by atoms with Crippen molar-refractivity contribution < 1.29 is 4.79 Å². The smallest absolute Gasteiger partial charge is 0.252 e. The van der Waals surface area contributed by atoms with Crippen LogP contribution < -0.4 is 5.32 Å². The minimum absolute atomic E-state index is 0.214. The second-order valence-electron chi connectivity index (χ2n) is 5.96. The summed E-state index contributed by atoms with van der Waals surface area (Å²) in [5, 5.41) is 13.0. The zero-order chi connectivity index (χ0) is 15.5. The summed E-state index contributed by atoms with van der Waals surface area (Å²) in [6, 6.07) is 7.56. The van der Waals surface area contributed by atoms with E-state index in [1.807, 2.05) is 13.0 Å². The summed E-state index contributed by atoms with van der Waals surface area (Å²) in [6.07, 6.45) is 4.60. The number of nitrogens with one attached hydrogen (secondary N) is 1. The van der Waals surface area contributed by atoms with Crippen LogP contribution in [0, 0.1) is 24.2 Å². The van der Waals surface area contributed by atoms with E-state index >= 15 is 0 Å². The molecule has 0 aromatic heterocycles. The highest BCUT2D eigenvalue weighted by atomic mass is 35.5. The monoisotopic (exact) mass is 304 g/mol. The molecule has 1 aromatic carbocycles. The lowest BCUT2D eigenvalue weighted by atomic mass is 9.76. The molecule has 1 aliphatic carbocycles. The highest BCUT2D eigenvalue weighted by Crippen LogP contribution is 2.33. The Morgan fingerprint density at radius 2 is 2.14 bits per heavy atom. The van der Waals surface area contributed by atoms with Crippen molar-refractivity contribution in [1.29, 1.82) is 5.26 Å². The van der Waals surface area contributed by atoms with E-state index in [9.17, 15) is 10.1 Å². The number of benzene rings is 1. The summed E-state index contributed by atoms with van der Waals surface area (Å²) in [5.41, 5.74) is 0.727. The van der Waals surface area contributed by atoms with E-state index in [0.29, 0.717) is 16.5 Å². The number of carbonyl (C=O) groups is 1. The molecule has 0 spiro atoms. The van der Waals surface area contributed by atoms with Crippen LogP contribution in [-0.2, 0) is 0 Å². The van der Waals surface area contributed by atoms with Gasteiger partial charge in [-0.3, -0.25) is 4.79 Å². The number of halogens is 1. The number of hydrogen-bond acceptors (Lipinski definition) is 2. The molecule has 3 nitrogen and oxygen atoms in total. The van der Waals surface area contributed by atoms with E-state index in [-0.39, 0.29) is 5.91 Å². The van der Waals surface area contributed by atoms with Crippen molar-refractivity contribution in [3.63, 3.8) is 0 Å². The molecule has 0 saturated heterocycles. The van der Waals surface area contributed by atoms with Crippen LogP contribution in [0.4, 0.5) is 0 Å². The van der Waals surface area contributed by atoms with E-state index in [2.05, 4.69) is 18.3 Å². The van der Waals surface area contributed by atoms with Gasteiger partial charge in [0.2, 0.25) is 0 Å². The number of nitrogens with zero attached hydrogens (tertiary/aromatic N) is 1. The third-order valence-electron chi connectivity index (χ3n) is 4.54. The van der Waals surface area contributed by atoms with E-state index in [4.69, 9.17) is 11.6 Å². The first-order valence-electron chi connectivity index (χ1n) is 7.49. The van der Waals surface area contributed by atoms with Crippen LogP contribution in [0.5, 0.6) is 0 Å². The van der Waals surface area contributed by atoms with Gasteiger partial charge in [0.1, 0.15) is 5.54 Å². The molecule has 1 N–H and O–H groups in total. The third kappa shape index (κ3) is 3.57. The fourth-order valence-electron chi connectivity index (χ4n) is 2.87. The normalized spacial score (nSPS) is 25.1. The minimum Gasteiger partial charge on any atom is -0.334 e. The second-order valence-corrected chi connectivity index (χ2v) is 6.37. The largest absolute Gasteiger partial charge is 0.334 e. The fraction of sp³-hybridized carbons (Fsp3) is 0.529. The Kier molecular flexibility index (Phi) is 4.90. The molecular weight excluding hydrogens is 284 g/mol. The van der Waals surface area contributed by atoms with Gasteiger partial charge >= 0.3 is 0 Å². The average molecular weight is 305 g/mol. The van der Waals surface area contributed by atoms with Crippen LogP contribution in [-0.4, -0.2) is 11.4 Å². The molecular formula is C17H21ClN2O. The summed E-state index contributed by atoms with van der Waals surface area (Å²) in [5.74, 6) is 0.464. The van der Waals surface area contributed by atoms with Crippen LogP contribution in [0.3, 0.4) is 0 Å². The standard InChI is InChI=1S/C17H21ClN2O/c1-3-13-6-8-17(11-19,9-7-13)20-16(21)14-5-4-12(2)15(18)10-14/h4-5,10,13H,3,6-9H2,1-2H3,(H,20,21). The van der Waals surface area contributed by atoms with Gasteiger partial charge < -0.3 is 5.32 Å². The maximum Gasteiger partial charge on any atom is 0.252 e. The molecule has 1 fully saturated rings. The van der Waals surface area contributed by atoms with Gasteiger partial charge in [0.05, 0.1) is 6.07 Å². The Morgan fingerprint density at radius 3 is 2.67 bits per heavy atom. The Labute approximate surface area is 131 Å². The van der Waals surface area contributed by atoms with Crippen LogP contribution in [0.1, 0.15) is 54.9 Å². The molecule has 21 heavy (non-hydrogen) atoms. The number of carbonyl (C=O) groups excluding carboxylic acids is 1. The van der Waals surface area contributed by atoms with Crippen LogP contribution in [0.2, 0.25) is 5.02 Å². The summed E-state index contributed by atoms with van der Waals surface area (Å²) < 4.78 is 0. The lowest BCUT2D eigenvalue weighted by Crippen LogP contribution is -2.49. The maximum absolute atomic E-state index is 12.4. The minimum atomic E-state index is -0.722. The Hall–Kier alpha value is -1.53. The van der Waals surface area contributed by atoms with Crippen molar-refractivity contribution >= 4 is 17.5 Å². The van der Waals surface area contributed by atoms with Crippen molar-refractivity contribution in [2.75, 3.05) is 0 Å². The van der Waals surface area contributed by atoms with Gasteiger partial charge in [-0.05, 0) is 56.2 Å². The van der Waals surface area contributed by atoms with E-state index < -0.39 is 5.54 Å². The predicted octanol–water partition coefficient (Wildman–Crippen LogP) is 4.24. The molecule has 2 rings (SSSR count). The molecule has 1 aromatic rings. The predicted molar refractivity (Wildman–Crippen MR) is 84.2 cm³/mol. The van der Waals surface area contributed by atoms with E-state index in [0.717, 1.165) is 37.7 Å². The van der Waals surface area contributed by atoms with E-state index in [1.54, 1.807) is 12.1 Å². The van der Waals surface area contributed by atoms with Gasteiger partial charge in [0.25, 0.3) is 5.91 Å². The molecule has 0 aliphatic heterocycles. The summed E-state index contributed by atoms with van der Waals surface area (Å²) in [7, 11) is 0. The first-order valence-corrected chi connectivity index (χ1v) is 7.87. The lowest BCUT2D eigenvalue weighted by molar-refractivity contribution is 0.0891. The average Bonchev–Trinajstić information content (AvgIpc) is 2.50. The fourth-order valence-corrected chi connectivity index (χ4v) is 3.05. The second kappa shape index (κ2) is 6.49. The van der Waals surface area contributed by atoms with Crippen LogP contribution in [0.15, 0.2) is 18.2 Å². The molecule has 1 saturated carbocycles. The van der Waals surface area contributed by atoms with Gasteiger partial charge in [0, 0.05) is 10.6 Å². The van der Waals surface area contributed by atoms with Gasteiger partial charge in [-0.25, -0.2) is 0 Å². The first kappa shape index (κ1) is 15.9. The SMILES string of the molecule is CCC1CCC(C#N)(NC(=O)c2ccc(C)c(Cl)c2)CC1. The number of aryl methyl sites for hydroxylation is 1.